The molecule has 0 saturated carbocycles. The number of alkyl halides is 1. The van der Waals surface area contributed by atoms with Crippen molar-refractivity contribution in [3.63, 3.8) is 0 Å². The molecular weight excluding hydrogens is 274 g/mol. The zero-order valence-corrected chi connectivity index (χ0v) is 9.62. The molecule has 2 aromatic heterocycles. The number of aromatic nitrogens is 1. The van der Waals surface area contributed by atoms with Gasteiger partial charge in [0, 0.05) is 20.8 Å². The van der Waals surface area contributed by atoms with Crippen LogP contribution in [0.5, 0.6) is 0 Å². The molecule has 0 aliphatic heterocycles. The zero-order chi connectivity index (χ0) is 9.26. The lowest BCUT2D eigenvalue weighted by molar-refractivity contribution is 0.528. The average molecular weight is 279 g/mol. The molecule has 0 amide bonds. The third-order valence-electron chi connectivity index (χ3n) is 1.55. The summed E-state index contributed by atoms with van der Waals surface area (Å²) in [4.78, 5) is 4.02. The third-order valence-corrected chi connectivity index (χ3v) is 3.48. The lowest BCUT2D eigenvalue weighted by Gasteiger charge is -1.90. The molecule has 0 bridgehead atoms. The second-order valence-electron chi connectivity index (χ2n) is 2.39. The molecule has 0 spiro atoms. The van der Waals surface area contributed by atoms with Crippen molar-refractivity contribution in [2.45, 2.75) is 5.88 Å². The van der Waals surface area contributed by atoms with E-state index >= 15 is 0 Å². The van der Waals surface area contributed by atoms with Gasteiger partial charge >= 0.3 is 0 Å². The first-order valence-corrected chi connectivity index (χ1v) is 5.81. The number of hydrogen-bond acceptors (Lipinski definition) is 3. The fraction of sp³-hybridized carbons (Fsp3) is 0.125. The van der Waals surface area contributed by atoms with Crippen LogP contribution < -0.4 is 0 Å². The first-order chi connectivity index (χ1) is 6.31. The number of halogens is 2. The Morgan fingerprint density at radius 1 is 1.54 bits per heavy atom. The van der Waals surface area contributed by atoms with Crippen LogP contribution in [0, 0.1) is 0 Å². The van der Waals surface area contributed by atoms with Crippen molar-refractivity contribution in [2.24, 2.45) is 0 Å². The highest BCUT2D eigenvalue weighted by atomic mass is 79.9. The number of oxazole rings is 1. The lowest BCUT2D eigenvalue weighted by atomic mass is 10.3. The highest BCUT2D eigenvalue weighted by Gasteiger charge is 2.09. The van der Waals surface area contributed by atoms with Gasteiger partial charge in [-0.2, -0.15) is 11.3 Å². The first-order valence-electron chi connectivity index (χ1n) is 3.54. The first kappa shape index (κ1) is 9.24. The van der Waals surface area contributed by atoms with Crippen molar-refractivity contribution in [3.05, 3.63) is 27.3 Å². The maximum Gasteiger partial charge on any atom is 0.209 e. The fourth-order valence-corrected chi connectivity index (χ4v) is 2.56. The van der Waals surface area contributed by atoms with Crippen LogP contribution in [-0.4, -0.2) is 4.98 Å². The summed E-state index contributed by atoms with van der Waals surface area (Å²) in [5.41, 5.74) is 1.02. The van der Waals surface area contributed by atoms with E-state index in [0.29, 0.717) is 11.8 Å². The van der Waals surface area contributed by atoms with Crippen molar-refractivity contribution >= 4 is 38.9 Å². The van der Waals surface area contributed by atoms with Gasteiger partial charge in [-0.15, -0.1) is 11.6 Å². The van der Waals surface area contributed by atoms with Gasteiger partial charge < -0.3 is 4.42 Å². The van der Waals surface area contributed by atoms with Crippen molar-refractivity contribution in [3.8, 4) is 11.3 Å². The van der Waals surface area contributed by atoms with Gasteiger partial charge in [-0.25, -0.2) is 4.98 Å². The van der Waals surface area contributed by atoms with Gasteiger partial charge in [-0.3, -0.25) is 0 Å². The monoisotopic (exact) mass is 277 g/mol. The zero-order valence-electron chi connectivity index (χ0n) is 6.46. The number of rotatable bonds is 2. The number of nitrogens with zero attached hydrogens (tertiary/aromatic N) is 1. The lowest BCUT2D eigenvalue weighted by Crippen LogP contribution is -1.71. The molecule has 0 N–H and O–H groups in total. The van der Waals surface area contributed by atoms with Crippen molar-refractivity contribution < 1.29 is 4.42 Å². The van der Waals surface area contributed by atoms with Crippen LogP contribution >= 0.6 is 38.9 Å². The number of hydrogen-bond donors (Lipinski definition) is 0. The molecule has 0 radical (unpaired) electrons. The maximum atomic E-state index is 5.58. The Hall–Kier alpha value is -0.320. The highest BCUT2D eigenvalue weighted by Crippen LogP contribution is 2.31. The molecule has 0 unspecified atom stereocenters. The normalized spacial score (nSPS) is 10.6. The van der Waals surface area contributed by atoms with Crippen LogP contribution in [0.3, 0.4) is 0 Å². The summed E-state index contributed by atoms with van der Waals surface area (Å²) < 4.78 is 6.41. The smallest absolute Gasteiger partial charge is 0.209 e. The molecule has 13 heavy (non-hydrogen) atoms. The molecular formula is C8H5BrClNOS. The van der Waals surface area contributed by atoms with Crippen LogP contribution in [-0.2, 0) is 5.88 Å². The highest BCUT2D eigenvalue weighted by molar-refractivity contribution is 9.10. The van der Waals surface area contributed by atoms with Gasteiger partial charge in [0.1, 0.15) is 0 Å². The second kappa shape index (κ2) is 3.82. The molecule has 0 aliphatic carbocycles. The van der Waals surface area contributed by atoms with Crippen LogP contribution in [0.2, 0.25) is 0 Å². The summed E-state index contributed by atoms with van der Waals surface area (Å²) in [5.74, 6) is 1.61. The summed E-state index contributed by atoms with van der Waals surface area (Å²) in [5, 5.41) is 4.00. The van der Waals surface area contributed by atoms with E-state index in [0.717, 1.165) is 15.8 Å². The van der Waals surface area contributed by atoms with E-state index in [1.165, 1.54) is 0 Å². The molecule has 2 nitrogen and oxygen atoms in total. The quantitative estimate of drug-likeness (QED) is 0.779. The van der Waals surface area contributed by atoms with Gasteiger partial charge in [-0.1, -0.05) is 0 Å². The van der Waals surface area contributed by atoms with Crippen molar-refractivity contribution in [1.29, 1.82) is 0 Å². The van der Waals surface area contributed by atoms with Gasteiger partial charge in [0.15, 0.2) is 5.76 Å². The standard InChI is InChI=1S/C8H5BrClNOS/c9-6-4-13-3-5(6)7-2-11-8(1-10)12-7/h2-4H,1H2. The van der Waals surface area contributed by atoms with Gasteiger partial charge in [0.25, 0.3) is 0 Å². The van der Waals surface area contributed by atoms with Gasteiger partial charge in [-0.05, 0) is 15.9 Å². The molecule has 5 heteroatoms. The van der Waals surface area contributed by atoms with E-state index in [-0.39, 0.29) is 0 Å². The predicted octanol–water partition coefficient (Wildman–Crippen LogP) is 3.90. The SMILES string of the molecule is ClCc1ncc(-c2cscc2Br)o1. The molecule has 0 fully saturated rings. The molecule has 2 heterocycles. The van der Waals surface area contributed by atoms with Crippen LogP contribution in [0.1, 0.15) is 5.89 Å². The minimum Gasteiger partial charge on any atom is -0.439 e. The van der Waals surface area contributed by atoms with Gasteiger partial charge in [0.05, 0.1) is 12.1 Å². The largest absolute Gasteiger partial charge is 0.439 e. The Morgan fingerprint density at radius 2 is 2.38 bits per heavy atom. The summed E-state index contributed by atoms with van der Waals surface area (Å²) >= 11 is 10.6. The summed E-state index contributed by atoms with van der Waals surface area (Å²) in [6.45, 7) is 0. The van der Waals surface area contributed by atoms with E-state index in [9.17, 15) is 0 Å². The van der Waals surface area contributed by atoms with E-state index in [1.54, 1.807) is 17.5 Å². The van der Waals surface area contributed by atoms with Crippen LogP contribution in [0.4, 0.5) is 0 Å². The topological polar surface area (TPSA) is 26.0 Å². The Kier molecular flexibility index (Phi) is 2.71. The molecule has 0 atom stereocenters. The Balaban J connectivity index is 2.41. The van der Waals surface area contributed by atoms with E-state index in [4.69, 9.17) is 16.0 Å². The molecule has 2 aromatic rings. The van der Waals surface area contributed by atoms with E-state index < -0.39 is 0 Å². The third kappa shape index (κ3) is 1.80. The maximum absolute atomic E-state index is 5.58. The molecule has 0 aliphatic rings. The fourth-order valence-electron chi connectivity index (χ4n) is 0.954. The Morgan fingerprint density at radius 3 is 2.92 bits per heavy atom. The minimum atomic E-state index is 0.307. The Labute approximate surface area is 92.7 Å². The minimum absolute atomic E-state index is 0.307. The molecule has 0 aromatic carbocycles. The second-order valence-corrected chi connectivity index (χ2v) is 4.25. The molecule has 68 valence electrons. The molecule has 2 rings (SSSR count). The van der Waals surface area contributed by atoms with Crippen molar-refractivity contribution in [2.75, 3.05) is 0 Å². The van der Waals surface area contributed by atoms with Gasteiger partial charge in [0.2, 0.25) is 5.89 Å². The van der Waals surface area contributed by atoms with E-state index in [1.807, 2.05) is 10.8 Å². The average Bonchev–Trinajstić information content (AvgIpc) is 2.71. The Bertz CT molecular complexity index is 412. The van der Waals surface area contributed by atoms with Crippen LogP contribution in [0.15, 0.2) is 25.8 Å². The van der Waals surface area contributed by atoms with E-state index in [2.05, 4.69) is 20.9 Å². The summed E-state index contributed by atoms with van der Waals surface area (Å²) in [7, 11) is 0. The predicted molar refractivity (Wildman–Crippen MR) is 57.1 cm³/mol. The van der Waals surface area contributed by atoms with Crippen LogP contribution in [0.25, 0.3) is 11.3 Å². The number of thiophene rings is 1. The summed E-state index contributed by atoms with van der Waals surface area (Å²) in [6.07, 6.45) is 1.69. The molecule has 0 saturated heterocycles. The summed E-state index contributed by atoms with van der Waals surface area (Å²) in [6, 6.07) is 0. The van der Waals surface area contributed by atoms with Crippen molar-refractivity contribution in [1.82, 2.24) is 4.98 Å².